The molecule has 1 amide bonds. The number of carbonyl (C=O) groups is 2. The third kappa shape index (κ3) is 3.39. The Morgan fingerprint density at radius 2 is 1.81 bits per heavy atom. The lowest BCUT2D eigenvalue weighted by atomic mass is 10.1. The van der Waals surface area contributed by atoms with Crippen LogP contribution < -0.4 is 5.32 Å². The first kappa shape index (κ1) is 14.6. The molecule has 0 heterocycles. The molecule has 0 aliphatic carbocycles. The second-order valence-electron chi connectivity index (χ2n) is 4.66. The number of carboxylic acids is 1. The predicted molar refractivity (Wildman–Crippen MR) is 78.6 cm³/mol. The Kier molecular flexibility index (Phi) is 4.23. The highest BCUT2D eigenvalue weighted by molar-refractivity contribution is 6.02. The molecule has 2 rings (SSSR count). The van der Waals surface area contributed by atoms with Gasteiger partial charge in [-0.05, 0) is 24.6 Å². The maximum atomic E-state index is 12.0. The van der Waals surface area contributed by atoms with Crippen LogP contribution in [-0.4, -0.2) is 22.1 Å². The summed E-state index contributed by atoms with van der Waals surface area (Å²) in [4.78, 5) is 23.3. The van der Waals surface area contributed by atoms with Crippen LogP contribution in [0.25, 0.3) is 0 Å². The maximum absolute atomic E-state index is 12.0. The zero-order valence-electron chi connectivity index (χ0n) is 11.5. The lowest BCUT2D eigenvalue weighted by Crippen LogP contribution is -2.17. The molecular formula is C16H15NO4. The van der Waals surface area contributed by atoms with E-state index >= 15 is 0 Å². The van der Waals surface area contributed by atoms with Gasteiger partial charge in [0.1, 0.15) is 5.75 Å². The predicted octanol–water partition coefficient (Wildman–Crippen LogP) is 2.58. The molecule has 0 unspecified atom stereocenters. The number of aromatic hydroxyl groups is 1. The summed E-state index contributed by atoms with van der Waals surface area (Å²) in [5.74, 6) is -1.44. The van der Waals surface area contributed by atoms with Crippen molar-refractivity contribution in [2.24, 2.45) is 0 Å². The van der Waals surface area contributed by atoms with Crippen molar-refractivity contribution in [3.63, 3.8) is 0 Å². The van der Waals surface area contributed by atoms with Gasteiger partial charge >= 0.3 is 5.97 Å². The number of phenolic OH excluding ortho intramolecular Hbond substituents is 1. The summed E-state index contributed by atoms with van der Waals surface area (Å²) in [5, 5.41) is 21.4. The minimum absolute atomic E-state index is 0.0281. The lowest BCUT2D eigenvalue weighted by Gasteiger charge is -2.11. The average Bonchev–Trinajstić information content (AvgIpc) is 2.41. The molecule has 0 atom stereocenters. The number of anilines is 1. The van der Waals surface area contributed by atoms with Crippen LogP contribution >= 0.6 is 0 Å². The molecule has 0 fully saturated rings. The number of para-hydroxylation sites is 1. The summed E-state index contributed by atoms with van der Waals surface area (Å²) >= 11 is 0. The highest BCUT2D eigenvalue weighted by atomic mass is 16.4. The SMILES string of the molecule is Cc1cccc(NC(=O)Cc2ccccc2O)c1C(=O)O. The standard InChI is InChI=1S/C16H15NO4/c1-10-5-4-7-12(15(10)16(20)21)17-14(19)9-11-6-2-3-8-13(11)18/h2-8,18H,9H2,1H3,(H,17,19)(H,20,21). The Morgan fingerprint density at radius 3 is 2.48 bits per heavy atom. The van der Waals surface area contributed by atoms with Crippen molar-refractivity contribution >= 4 is 17.6 Å². The van der Waals surface area contributed by atoms with Gasteiger partial charge in [-0.2, -0.15) is 0 Å². The topological polar surface area (TPSA) is 86.6 Å². The largest absolute Gasteiger partial charge is 0.508 e. The third-order valence-electron chi connectivity index (χ3n) is 3.10. The maximum Gasteiger partial charge on any atom is 0.338 e. The van der Waals surface area contributed by atoms with Crippen LogP contribution in [0.5, 0.6) is 5.75 Å². The van der Waals surface area contributed by atoms with Crippen LogP contribution in [0.2, 0.25) is 0 Å². The second-order valence-corrected chi connectivity index (χ2v) is 4.66. The van der Waals surface area contributed by atoms with Gasteiger partial charge in [-0.1, -0.05) is 30.3 Å². The van der Waals surface area contributed by atoms with Crippen LogP contribution in [0.15, 0.2) is 42.5 Å². The molecule has 0 aliphatic heterocycles. The van der Waals surface area contributed by atoms with Gasteiger partial charge < -0.3 is 15.5 Å². The highest BCUT2D eigenvalue weighted by Gasteiger charge is 2.15. The van der Waals surface area contributed by atoms with Crippen molar-refractivity contribution in [2.45, 2.75) is 13.3 Å². The van der Waals surface area contributed by atoms with E-state index in [0.717, 1.165) is 0 Å². The molecule has 0 saturated carbocycles. The monoisotopic (exact) mass is 285 g/mol. The molecule has 0 spiro atoms. The molecule has 2 aromatic carbocycles. The number of aromatic carboxylic acids is 1. The second kappa shape index (κ2) is 6.09. The molecule has 0 radical (unpaired) electrons. The fraction of sp³-hybridized carbons (Fsp3) is 0.125. The Morgan fingerprint density at radius 1 is 1.10 bits per heavy atom. The van der Waals surface area contributed by atoms with E-state index in [4.69, 9.17) is 0 Å². The van der Waals surface area contributed by atoms with Crippen LogP contribution in [0.3, 0.4) is 0 Å². The molecule has 5 heteroatoms. The number of carbonyl (C=O) groups excluding carboxylic acids is 1. The Bertz CT molecular complexity index is 694. The third-order valence-corrected chi connectivity index (χ3v) is 3.10. The zero-order chi connectivity index (χ0) is 15.4. The quantitative estimate of drug-likeness (QED) is 0.805. The van der Waals surface area contributed by atoms with E-state index in [0.29, 0.717) is 11.1 Å². The van der Waals surface area contributed by atoms with Crippen LogP contribution in [0.4, 0.5) is 5.69 Å². The lowest BCUT2D eigenvalue weighted by molar-refractivity contribution is -0.115. The van der Waals surface area contributed by atoms with E-state index in [1.807, 2.05) is 0 Å². The number of aryl methyl sites for hydroxylation is 1. The molecule has 0 aromatic heterocycles. The average molecular weight is 285 g/mol. The smallest absolute Gasteiger partial charge is 0.338 e. The van der Waals surface area contributed by atoms with Gasteiger partial charge in [0.25, 0.3) is 0 Å². The van der Waals surface area contributed by atoms with Crippen molar-refractivity contribution in [1.29, 1.82) is 0 Å². The van der Waals surface area contributed by atoms with Crippen molar-refractivity contribution in [2.75, 3.05) is 5.32 Å². The molecule has 3 N–H and O–H groups in total. The van der Waals surface area contributed by atoms with Gasteiger partial charge in [0.05, 0.1) is 17.7 Å². The van der Waals surface area contributed by atoms with Crippen molar-refractivity contribution in [3.8, 4) is 5.75 Å². The summed E-state index contributed by atoms with van der Waals surface area (Å²) in [6.07, 6.45) is -0.0281. The summed E-state index contributed by atoms with van der Waals surface area (Å²) in [6.45, 7) is 1.67. The van der Waals surface area contributed by atoms with Crippen molar-refractivity contribution in [1.82, 2.24) is 0 Å². The van der Waals surface area contributed by atoms with E-state index in [-0.39, 0.29) is 29.3 Å². The van der Waals surface area contributed by atoms with E-state index in [9.17, 15) is 19.8 Å². The van der Waals surface area contributed by atoms with E-state index in [1.165, 1.54) is 6.07 Å². The Balaban J connectivity index is 2.19. The van der Waals surface area contributed by atoms with Gasteiger partial charge in [-0.15, -0.1) is 0 Å². The number of phenols is 1. The number of hydrogen-bond acceptors (Lipinski definition) is 3. The minimum atomic E-state index is -1.09. The minimum Gasteiger partial charge on any atom is -0.508 e. The summed E-state index contributed by atoms with van der Waals surface area (Å²) in [6, 6.07) is 11.4. The van der Waals surface area contributed by atoms with Gasteiger partial charge in [-0.25, -0.2) is 4.79 Å². The number of hydrogen-bond donors (Lipinski definition) is 3. The summed E-state index contributed by atoms with van der Waals surface area (Å²) in [7, 11) is 0. The van der Waals surface area contributed by atoms with Crippen LogP contribution in [0, 0.1) is 6.92 Å². The molecule has 0 saturated heterocycles. The normalized spacial score (nSPS) is 10.1. The van der Waals surface area contributed by atoms with Gasteiger partial charge in [0.2, 0.25) is 5.91 Å². The van der Waals surface area contributed by atoms with Gasteiger partial charge in [0.15, 0.2) is 0 Å². The van der Waals surface area contributed by atoms with E-state index in [1.54, 1.807) is 43.3 Å². The molecule has 2 aromatic rings. The molecular weight excluding hydrogens is 270 g/mol. The number of carboxylic acid groups (broad SMARTS) is 1. The molecule has 108 valence electrons. The van der Waals surface area contributed by atoms with E-state index < -0.39 is 5.97 Å². The van der Waals surface area contributed by atoms with Crippen molar-refractivity contribution < 1.29 is 19.8 Å². The first-order valence-electron chi connectivity index (χ1n) is 6.38. The number of rotatable bonds is 4. The molecule has 0 bridgehead atoms. The zero-order valence-corrected chi connectivity index (χ0v) is 11.5. The van der Waals surface area contributed by atoms with Gasteiger partial charge in [-0.3, -0.25) is 4.79 Å². The number of nitrogens with one attached hydrogen (secondary N) is 1. The van der Waals surface area contributed by atoms with Crippen LogP contribution in [-0.2, 0) is 11.2 Å². The Labute approximate surface area is 121 Å². The first-order chi connectivity index (χ1) is 9.99. The van der Waals surface area contributed by atoms with E-state index in [2.05, 4.69) is 5.32 Å². The first-order valence-corrected chi connectivity index (χ1v) is 6.38. The molecule has 5 nitrogen and oxygen atoms in total. The highest BCUT2D eigenvalue weighted by Crippen LogP contribution is 2.21. The summed E-state index contributed by atoms with van der Waals surface area (Å²) < 4.78 is 0. The molecule has 0 aliphatic rings. The fourth-order valence-electron chi connectivity index (χ4n) is 2.08. The van der Waals surface area contributed by atoms with Crippen LogP contribution in [0.1, 0.15) is 21.5 Å². The van der Waals surface area contributed by atoms with Crippen molar-refractivity contribution in [3.05, 3.63) is 59.2 Å². The number of benzene rings is 2. The summed E-state index contributed by atoms with van der Waals surface area (Å²) in [5.41, 5.74) is 1.38. The fourth-order valence-corrected chi connectivity index (χ4v) is 2.08. The molecule has 21 heavy (non-hydrogen) atoms. The number of amides is 1. The van der Waals surface area contributed by atoms with Gasteiger partial charge in [0, 0.05) is 5.56 Å². The Hall–Kier alpha value is -2.82.